The highest BCUT2D eigenvalue weighted by molar-refractivity contribution is 7.08. The quantitative estimate of drug-likeness (QED) is 0.576. The third-order valence-corrected chi connectivity index (χ3v) is 5.88. The first-order valence-electron chi connectivity index (χ1n) is 9.62. The number of nitrogens with one attached hydrogen (secondary N) is 3. The molecule has 1 aliphatic rings. The molecule has 7 nitrogen and oxygen atoms in total. The topological polar surface area (TPSA) is 107 Å². The number of rotatable bonds is 7. The molecule has 1 aliphatic carbocycles. The van der Waals surface area contributed by atoms with E-state index in [-0.39, 0.29) is 34.8 Å². The van der Waals surface area contributed by atoms with Crippen LogP contribution in [0.15, 0.2) is 29.6 Å². The predicted molar refractivity (Wildman–Crippen MR) is 114 cm³/mol. The summed E-state index contributed by atoms with van der Waals surface area (Å²) >= 11 is 1.42. The maximum Gasteiger partial charge on any atom is 0.249 e. The van der Waals surface area contributed by atoms with Crippen molar-refractivity contribution in [2.24, 2.45) is 5.92 Å². The lowest BCUT2D eigenvalue weighted by atomic mass is 9.89. The van der Waals surface area contributed by atoms with E-state index in [1.807, 2.05) is 23.8 Å². The van der Waals surface area contributed by atoms with Crippen molar-refractivity contribution in [3.05, 3.63) is 46.6 Å². The van der Waals surface area contributed by atoms with Crippen LogP contribution < -0.4 is 16.0 Å². The van der Waals surface area contributed by atoms with Gasteiger partial charge in [0.2, 0.25) is 11.8 Å². The van der Waals surface area contributed by atoms with Crippen LogP contribution in [0, 0.1) is 23.1 Å². The second kappa shape index (κ2) is 9.50. The number of pyridine rings is 1. The first-order valence-corrected chi connectivity index (χ1v) is 10.6. The van der Waals surface area contributed by atoms with E-state index in [4.69, 9.17) is 0 Å². The fourth-order valence-corrected chi connectivity index (χ4v) is 4.57. The molecule has 0 unspecified atom stereocenters. The number of nitriles is 1. The Balaban J connectivity index is 1.90. The van der Waals surface area contributed by atoms with Crippen LogP contribution in [-0.4, -0.2) is 23.3 Å². The van der Waals surface area contributed by atoms with Crippen molar-refractivity contribution in [2.75, 3.05) is 17.2 Å². The van der Waals surface area contributed by atoms with E-state index in [0.29, 0.717) is 18.7 Å². The molecule has 0 spiro atoms. The van der Waals surface area contributed by atoms with Crippen LogP contribution in [0.1, 0.15) is 43.2 Å². The number of carbonyl (C=O) groups is 2. The van der Waals surface area contributed by atoms with Crippen molar-refractivity contribution in [3.63, 3.8) is 0 Å². The Labute approximate surface area is 178 Å². The van der Waals surface area contributed by atoms with Crippen molar-refractivity contribution < 1.29 is 14.0 Å². The smallest absolute Gasteiger partial charge is 0.249 e. The minimum atomic E-state index is -0.634. The molecule has 156 valence electrons. The maximum absolute atomic E-state index is 14.9. The van der Waals surface area contributed by atoms with E-state index in [2.05, 4.69) is 27.5 Å². The zero-order chi connectivity index (χ0) is 21.7. The van der Waals surface area contributed by atoms with Crippen LogP contribution in [-0.2, 0) is 9.59 Å². The van der Waals surface area contributed by atoms with Crippen LogP contribution in [0.5, 0.6) is 0 Å². The first-order chi connectivity index (χ1) is 14.5. The molecule has 0 aromatic carbocycles. The Morgan fingerprint density at radius 3 is 2.93 bits per heavy atom. The van der Waals surface area contributed by atoms with Gasteiger partial charge in [0.05, 0.1) is 16.9 Å². The number of imide groups is 1. The van der Waals surface area contributed by atoms with Gasteiger partial charge in [0.1, 0.15) is 6.07 Å². The number of hydrogen-bond acceptors (Lipinski definition) is 7. The fraction of sp³-hybridized carbons (Fsp3) is 0.333. The number of hydrogen-bond donors (Lipinski definition) is 3. The van der Waals surface area contributed by atoms with Crippen LogP contribution >= 0.6 is 11.3 Å². The van der Waals surface area contributed by atoms with E-state index in [0.717, 1.165) is 24.5 Å². The highest BCUT2D eigenvalue weighted by Crippen LogP contribution is 2.45. The molecular formula is C21H22FN5O2S. The third kappa shape index (κ3) is 4.33. The van der Waals surface area contributed by atoms with Gasteiger partial charge in [-0.15, -0.1) is 11.3 Å². The summed E-state index contributed by atoms with van der Waals surface area (Å²) in [7, 11) is 0. The minimum Gasteiger partial charge on any atom is -0.368 e. The van der Waals surface area contributed by atoms with Gasteiger partial charge in [0, 0.05) is 24.0 Å². The summed E-state index contributed by atoms with van der Waals surface area (Å²) in [6.07, 6.45) is 4.67. The van der Waals surface area contributed by atoms with Gasteiger partial charge in [-0.25, -0.2) is 9.37 Å². The summed E-state index contributed by atoms with van der Waals surface area (Å²) in [5.41, 5.74) is 1.64. The summed E-state index contributed by atoms with van der Waals surface area (Å²) in [6, 6.07) is 1.96. The Hall–Kier alpha value is -3.25. The summed E-state index contributed by atoms with van der Waals surface area (Å²) < 4.78 is 14.9. The lowest BCUT2D eigenvalue weighted by Crippen LogP contribution is -2.35. The minimum absolute atomic E-state index is 0.0453. The van der Waals surface area contributed by atoms with E-state index in [1.165, 1.54) is 17.5 Å². The average Bonchev–Trinajstić information content (AvgIpc) is 3.40. The molecule has 3 rings (SSSR count). The molecule has 1 saturated carbocycles. The number of halogens is 1. The number of carbonyl (C=O) groups excluding carboxylic acids is 2. The van der Waals surface area contributed by atoms with E-state index in [9.17, 15) is 19.2 Å². The number of aromatic nitrogens is 1. The lowest BCUT2D eigenvalue weighted by Gasteiger charge is -2.20. The van der Waals surface area contributed by atoms with Crippen LogP contribution in [0.25, 0.3) is 0 Å². The predicted octanol–water partition coefficient (Wildman–Crippen LogP) is 4.04. The van der Waals surface area contributed by atoms with Gasteiger partial charge in [-0.05, 0) is 42.7 Å². The Morgan fingerprint density at radius 2 is 2.23 bits per heavy atom. The molecular weight excluding hydrogens is 405 g/mol. The molecule has 3 N–H and O–H groups in total. The van der Waals surface area contributed by atoms with Gasteiger partial charge in [-0.2, -0.15) is 5.26 Å². The summed E-state index contributed by atoms with van der Waals surface area (Å²) in [5, 5.41) is 21.4. The number of anilines is 3. The standard InChI is InChI=1S/C21H22FN5O2S/c1-3-17(28)27-21(29)14-7-5-6-13(14)15-10-30-11-16(15)26-19-12(8-23)9-25-20(18(19)22)24-4-2/h3,9-11,13-14H,1,4-7H2,2H3,(H2,24,25,26)(H,27,28,29)/t13-,14+/m1/s1. The molecule has 2 aromatic rings. The molecule has 0 saturated heterocycles. The molecule has 0 aliphatic heterocycles. The molecule has 0 radical (unpaired) electrons. The van der Waals surface area contributed by atoms with Crippen molar-refractivity contribution in [1.29, 1.82) is 5.26 Å². The summed E-state index contributed by atoms with van der Waals surface area (Å²) in [5.74, 6) is -1.90. The highest BCUT2D eigenvalue weighted by Gasteiger charge is 2.36. The van der Waals surface area contributed by atoms with Gasteiger partial charge in [0.25, 0.3) is 0 Å². The second-order valence-electron chi connectivity index (χ2n) is 6.92. The number of thiophene rings is 1. The SMILES string of the molecule is C=CC(=O)NC(=O)[C@H]1CCC[C@H]1c1cscc1Nc1c(C#N)cnc(NCC)c1F. The van der Waals surface area contributed by atoms with E-state index >= 15 is 0 Å². The van der Waals surface area contributed by atoms with Crippen LogP contribution in [0.2, 0.25) is 0 Å². The zero-order valence-electron chi connectivity index (χ0n) is 16.5. The number of amides is 2. The monoisotopic (exact) mass is 427 g/mol. The van der Waals surface area contributed by atoms with Crippen LogP contribution in [0.4, 0.5) is 21.6 Å². The molecule has 9 heteroatoms. The first kappa shape index (κ1) is 21.5. The normalized spacial score (nSPS) is 17.8. The largest absolute Gasteiger partial charge is 0.368 e. The zero-order valence-corrected chi connectivity index (χ0v) is 17.3. The molecule has 2 aromatic heterocycles. The summed E-state index contributed by atoms with van der Waals surface area (Å²) in [6.45, 7) is 5.68. The number of nitrogens with zero attached hydrogens (tertiary/aromatic N) is 2. The maximum atomic E-state index is 14.9. The van der Waals surface area contributed by atoms with Gasteiger partial charge in [-0.3, -0.25) is 14.9 Å². The van der Waals surface area contributed by atoms with Crippen LogP contribution in [0.3, 0.4) is 0 Å². The van der Waals surface area contributed by atoms with Gasteiger partial charge in [-0.1, -0.05) is 13.0 Å². The molecule has 1 fully saturated rings. The van der Waals surface area contributed by atoms with Crippen molar-refractivity contribution in [3.8, 4) is 6.07 Å². The third-order valence-electron chi connectivity index (χ3n) is 5.12. The molecule has 2 heterocycles. The van der Waals surface area contributed by atoms with Crippen molar-refractivity contribution in [2.45, 2.75) is 32.1 Å². The van der Waals surface area contributed by atoms with E-state index in [1.54, 1.807) is 0 Å². The van der Waals surface area contributed by atoms with Gasteiger partial charge < -0.3 is 10.6 Å². The van der Waals surface area contributed by atoms with E-state index < -0.39 is 11.7 Å². The molecule has 2 amide bonds. The van der Waals surface area contributed by atoms with Crippen molar-refractivity contribution in [1.82, 2.24) is 10.3 Å². The second-order valence-corrected chi connectivity index (χ2v) is 7.66. The average molecular weight is 428 g/mol. The van der Waals surface area contributed by atoms with Crippen molar-refractivity contribution >= 4 is 40.3 Å². The van der Waals surface area contributed by atoms with Gasteiger partial charge in [0.15, 0.2) is 11.6 Å². The molecule has 2 atom stereocenters. The lowest BCUT2D eigenvalue weighted by molar-refractivity contribution is -0.130. The summed E-state index contributed by atoms with van der Waals surface area (Å²) in [4.78, 5) is 28.0. The Kier molecular flexibility index (Phi) is 6.79. The Morgan fingerprint density at radius 1 is 1.43 bits per heavy atom. The fourth-order valence-electron chi connectivity index (χ4n) is 3.73. The van der Waals surface area contributed by atoms with Gasteiger partial charge >= 0.3 is 0 Å². The Bertz CT molecular complexity index is 1010. The molecule has 0 bridgehead atoms. The highest BCUT2D eigenvalue weighted by atomic mass is 32.1. The molecule has 30 heavy (non-hydrogen) atoms.